The van der Waals surface area contributed by atoms with Gasteiger partial charge in [-0.2, -0.15) is 0 Å². The van der Waals surface area contributed by atoms with Gasteiger partial charge in [-0.1, -0.05) is 12.1 Å². The number of benzene rings is 1. The molecule has 0 radical (unpaired) electrons. The van der Waals surface area contributed by atoms with Gasteiger partial charge < -0.3 is 10.5 Å². The molecule has 0 aromatic heterocycles. The molecule has 0 spiro atoms. The first-order chi connectivity index (χ1) is 8.63. The van der Waals surface area contributed by atoms with E-state index in [0.29, 0.717) is 6.04 Å². The molecule has 1 aromatic rings. The van der Waals surface area contributed by atoms with Crippen molar-refractivity contribution in [2.45, 2.75) is 32.7 Å². The summed E-state index contributed by atoms with van der Waals surface area (Å²) in [7, 11) is 1.76. The van der Waals surface area contributed by atoms with E-state index in [1.165, 1.54) is 5.56 Å². The van der Waals surface area contributed by atoms with Crippen LogP contribution in [-0.2, 0) is 11.2 Å². The first-order valence-corrected chi connectivity index (χ1v) is 6.71. The lowest BCUT2D eigenvalue weighted by Crippen LogP contribution is -2.34. The summed E-state index contributed by atoms with van der Waals surface area (Å²) in [6.45, 7) is 7.38. The van der Waals surface area contributed by atoms with Crippen LogP contribution in [0.15, 0.2) is 24.3 Å². The Balaban J connectivity index is 2.34. The number of methoxy groups -OCH3 is 1. The predicted octanol–water partition coefficient (Wildman–Crippen LogP) is 2.56. The molecule has 0 heterocycles. The second-order valence-electron chi connectivity index (χ2n) is 4.97. The summed E-state index contributed by atoms with van der Waals surface area (Å²) in [6, 6.07) is 8.74. The van der Waals surface area contributed by atoms with Crippen LogP contribution in [0.5, 0.6) is 0 Å². The summed E-state index contributed by atoms with van der Waals surface area (Å²) in [5, 5.41) is 0. The topological polar surface area (TPSA) is 38.5 Å². The van der Waals surface area contributed by atoms with Gasteiger partial charge in [0.2, 0.25) is 0 Å². The highest BCUT2D eigenvalue weighted by atomic mass is 16.5. The fraction of sp³-hybridized carbons (Fsp3) is 0.600. The molecule has 0 fully saturated rings. The Bertz CT molecular complexity index is 339. The summed E-state index contributed by atoms with van der Waals surface area (Å²) in [5.41, 5.74) is 7.96. The van der Waals surface area contributed by atoms with Gasteiger partial charge in [0.1, 0.15) is 0 Å². The Morgan fingerprint density at radius 1 is 1.28 bits per heavy atom. The molecule has 18 heavy (non-hydrogen) atoms. The standard InChI is InChI=1S/C15H26N2O/c1-13(2)17(10-11-18-3)9-5-7-14-6-4-8-15(16)12-14/h4,6,8,12-13H,5,7,9-11,16H2,1-3H3. The summed E-state index contributed by atoms with van der Waals surface area (Å²) in [4.78, 5) is 2.45. The number of hydrogen-bond donors (Lipinski definition) is 1. The second kappa shape index (κ2) is 8.11. The van der Waals surface area contributed by atoms with E-state index in [4.69, 9.17) is 10.5 Å². The number of hydrogen-bond acceptors (Lipinski definition) is 3. The van der Waals surface area contributed by atoms with Gasteiger partial charge in [0.25, 0.3) is 0 Å². The van der Waals surface area contributed by atoms with Crippen molar-refractivity contribution in [2.75, 3.05) is 32.5 Å². The molecular formula is C15H26N2O. The van der Waals surface area contributed by atoms with Crippen LogP contribution in [0.3, 0.4) is 0 Å². The molecule has 1 aromatic carbocycles. The summed E-state index contributed by atoms with van der Waals surface area (Å²) in [6.07, 6.45) is 2.24. The van der Waals surface area contributed by atoms with Crippen LogP contribution in [0.2, 0.25) is 0 Å². The van der Waals surface area contributed by atoms with Gasteiger partial charge >= 0.3 is 0 Å². The highest BCUT2D eigenvalue weighted by Gasteiger charge is 2.08. The second-order valence-corrected chi connectivity index (χ2v) is 4.97. The largest absolute Gasteiger partial charge is 0.399 e. The number of nitrogen functional groups attached to an aromatic ring is 1. The van der Waals surface area contributed by atoms with E-state index in [2.05, 4.69) is 30.9 Å². The molecule has 102 valence electrons. The minimum Gasteiger partial charge on any atom is -0.399 e. The molecule has 3 heteroatoms. The van der Waals surface area contributed by atoms with Crippen molar-refractivity contribution in [1.82, 2.24) is 4.90 Å². The van der Waals surface area contributed by atoms with Gasteiger partial charge in [0, 0.05) is 25.4 Å². The SMILES string of the molecule is COCCN(CCCc1cccc(N)c1)C(C)C. The minimum absolute atomic E-state index is 0.570. The zero-order chi connectivity index (χ0) is 13.4. The van der Waals surface area contributed by atoms with Crippen molar-refractivity contribution in [2.24, 2.45) is 0 Å². The average molecular weight is 250 g/mol. The zero-order valence-corrected chi connectivity index (χ0v) is 11.9. The molecule has 0 bridgehead atoms. The third-order valence-corrected chi connectivity index (χ3v) is 3.17. The number of ether oxygens (including phenoxy) is 1. The normalized spacial score (nSPS) is 11.4. The molecule has 0 saturated carbocycles. The summed E-state index contributed by atoms with van der Waals surface area (Å²) in [5.74, 6) is 0. The third kappa shape index (κ3) is 5.52. The molecule has 0 amide bonds. The summed E-state index contributed by atoms with van der Waals surface area (Å²) < 4.78 is 5.14. The van der Waals surface area contributed by atoms with Crippen LogP contribution < -0.4 is 5.73 Å². The number of anilines is 1. The maximum atomic E-state index is 5.78. The lowest BCUT2D eigenvalue weighted by Gasteiger charge is -2.26. The van der Waals surface area contributed by atoms with Crippen LogP contribution >= 0.6 is 0 Å². The van der Waals surface area contributed by atoms with Crippen LogP contribution in [0.25, 0.3) is 0 Å². The number of nitrogens with zero attached hydrogens (tertiary/aromatic N) is 1. The lowest BCUT2D eigenvalue weighted by molar-refractivity contribution is 0.129. The van der Waals surface area contributed by atoms with Crippen molar-refractivity contribution in [3.63, 3.8) is 0 Å². The highest BCUT2D eigenvalue weighted by molar-refractivity contribution is 5.40. The van der Waals surface area contributed by atoms with E-state index in [1.54, 1.807) is 7.11 Å². The first-order valence-electron chi connectivity index (χ1n) is 6.71. The molecule has 2 N–H and O–H groups in total. The molecule has 0 aliphatic rings. The van der Waals surface area contributed by atoms with Crippen LogP contribution in [-0.4, -0.2) is 37.7 Å². The Morgan fingerprint density at radius 3 is 2.67 bits per heavy atom. The van der Waals surface area contributed by atoms with Gasteiger partial charge in [-0.25, -0.2) is 0 Å². The molecule has 0 atom stereocenters. The Morgan fingerprint density at radius 2 is 2.06 bits per heavy atom. The number of nitrogens with two attached hydrogens (primary N) is 1. The van der Waals surface area contributed by atoms with Crippen molar-refractivity contribution in [1.29, 1.82) is 0 Å². The zero-order valence-electron chi connectivity index (χ0n) is 11.9. The number of rotatable bonds is 8. The van der Waals surface area contributed by atoms with Gasteiger partial charge in [-0.3, -0.25) is 4.90 Å². The molecule has 0 aliphatic heterocycles. The monoisotopic (exact) mass is 250 g/mol. The fourth-order valence-electron chi connectivity index (χ4n) is 2.07. The number of aryl methyl sites for hydroxylation is 1. The Labute approximate surface area is 111 Å². The summed E-state index contributed by atoms with van der Waals surface area (Å²) >= 11 is 0. The lowest BCUT2D eigenvalue weighted by atomic mass is 10.1. The molecule has 0 saturated heterocycles. The van der Waals surface area contributed by atoms with Crippen LogP contribution in [0.1, 0.15) is 25.8 Å². The van der Waals surface area contributed by atoms with Gasteiger partial charge in [0.05, 0.1) is 6.61 Å². The van der Waals surface area contributed by atoms with Crippen molar-refractivity contribution in [3.05, 3.63) is 29.8 Å². The van der Waals surface area contributed by atoms with E-state index in [0.717, 1.165) is 38.2 Å². The molecule has 0 aliphatic carbocycles. The van der Waals surface area contributed by atoms with Gasteiger partial charge in [-0.15, -0.1) is 0 Å². The predicted molar refractivity (Wildman–Crippen MR) is 77.8 cm³/mol. The van der Waals surface area contributed by atoms with Gasteiger partial charge in [0.15, 0.2) is 0 Å². The molecule has 1 rings (SSSR count). The molecule has 3 nitrogen and oxygen atoms in total. The van der Waals surface area contributed by atoms with Crippen LogP contribution in [0, 0.1) is 0 Å². The van der Waals surface area contributed by atoms with Crippen molar-refractivity contribution >= 4 is 5.69 Å². The molecular weight excluding hydrogens is 224 g/mol. The van der Waals surface area contributed by atoms with E-state index in [1.807, 2.05) is 12.1 Å². The highest BCUT2D eigenvalue weighted by Crippen LogP contribution is 2.10. The Hall–Kier alpha value is -1.06. The maximum absolute atomic E-state index is 5.78. The van der Waals surface area contributed by atoms with Gasteiger partial charge in [-0.05, 0) is 50.9 Å². The minimum atomic E-state index is 0.570. The quantitative estimate of drug-likeness (QED) is 0.721. The fourth-order valence-corrected chi connectivity index (χ4v) is 2.07. The van der Waals surface area contributed by atoms with Crippen LogP contribution in [0.4, 0.5) is 5.69 Å². The van der Waals surface area contributed by atoms with Crippen molar-refractivity contribution < 1.29 is 4.74 Å². The molecule has 0 unspecified atom stereocenters. The maximum Gasteiger partial charge on any atom is 0.0589 e. The Kier molecular flexibility index (Phi) is 6.76. The van der Waals surface area contributed by atoms with E-state index >= 15 is 0 Å². The smallest absolute Gasteiger partial charge is 0.0589 e. The van der Waals surface area contributed by atoms with E-state index in [-0.39, 0.29) is 0 Å². The first kappa shape index (κ1) is 15.0. The van der Waals surface area contributed by atoms with Crippen molar-refractivity contribution in [3.8, 4) is 0 Å². The van der Waals surface area contributed by atoms with E-state index < -0.39 is 0 Å². The third-order valence-electron chi connectivity index (χ3n) is 3.17. The van der Waals surface area contributed by atoms with E-state index in [9.17, 15) is 0 Å². The average Bonchev–Trinajstić information content (AvgIpc) is 2.33.